The second-order valence-electron chi connectivity index (χ2n) is 18.0. The van der Waals surface area contributed by atoms with Gasteiger partial charge in [-0.25, -0.2) is 0 Å². The van der Waals surface area contributed by atoms with Gasteiger partial charge in [0.25, 0.3) is 0 Å². The zero-order valence-electron chi connectivity index (χ0n) is 33.7. The normalized spacial score (nSPS) is 19.4. The molecule has 4 aliphatic carbocycles. The summed E-state index contributed by atoms with van der Waals surface area (Å²) in [6.45, 7) is 9.53. The summed E-state index contributed by atoms with van der Waals surface area (Å²) >= 11 is 0. The van der Waals surface area contributed by atoms with Crippen LogP contribution in [0, 0.1) is 0 Å². The van der Waals surface area contributed by atoms with Crippen molar-refractivity contribution < 1.29 is 0 Å². The number of fused-ring (bicyclic) bond motifs is 11. The van der Waals surface area contributed by atoms with Crippen LogP contribution in [0.3, 0.4) is 0 Å². The molecule has 280 valence electrons. The summed E-state index contributed by atoms with van der Waals surface area (Å²) in [5, 5.41) is 0. The Labute approximate surface area is 342 Å². The minimum Gasteiger partial charge on any atom is -0.317 e. The maximum absolute atomic E-state index is 2.55. The van der Waals surface area contributed by atoms with E-state index in [-0.39, 0.29) is 10.8 Å². The first-order valence-corrected chi connectivity index (χ1v) is 21.1. The Balaban J connectivity index is 1.01. The van der Waals surface area contributed by atoms with Gasteiger partial charge < -0.3 is 9.80 Å². The van der Waals surface area contributed by atoms with Gasteiger partial charge in [-0.2, -0.15) is 0 Å². The summed E-state index contributed by atoms with van der Waals surface area (Å²) in [4.78, 5) is 5.09. The van der Waals surface area contributed by atoms with Crippen molar-refractivity contribution in [3.63, 3.8) is 0 Å². The Morgan fingerprint density at radius 1 is 0.534 bits per heavy atom. The Hall–Kier alpha value is -6.38. The molecule has 0 N–H and O–H groups in total. The standard InChI is InChI=1S/C56H46N2/c1-55(2)48-20-12-9-17-42(48)45-34-54-38(32-49(45)55)23-22-37-30-35(36-25-29-53-46(31-36)44-18-10-13-21-52(44)57(53)39-14-6-5-7-15-39)24-28-51(37)58(54)40-26-27-43-41-16-8-11-19-47(41)56(3,4)50(43)33-40/h5-6,8-14,16-30,32-34,46H,7,15,31H2,1-4H3. The highest BCUT2D eigenvalue weighted by Crippen LogP contribution is 2.56. The Bertz CT molecular complexity index is 2940. The summed E-state index contributed by atoms with van der Waals surface area (Å²) in [5.41, 5.74) is 25.2. The Morgan fingerprint density at radius 3 is 2.00 bits per heavy atom. The summed E-state index contributed by atoms with van der Waals surface area (Å²) in [6.07, 6.45) is 19.5. The van der Waals surface area contributed by atoms with Crippen molar-refractivity contribution in [1.82, 2.24) is 0 Å². The van der Waals surface area contributed by atoms with E-state index in [9.17, 15) is 0 Å². The molecular weight excluding hydrogens is 701 g/mol. The van der Waals surface area contributed by atoms with E-state index in [0.29, 0.717) is 5.92 Å². The Morgan fingerprint density at radius 2 is 1.22 bits per heavy atom. The van der Waals surface area contributed by atoms with Crippen LogP contribution in [0.2, 0.25) is 0 Å². The van der Waals surface area contributed by atoms with E-state index in [1.807, 2.05) is 0 Å². The number of para-hydroxylation sites is 1. The van der Waals surface area contributed by atoms with Gasteiger partial charge in [-0.15, -0.1) is 0 Å². The van der Waals surface area contributed by atoms with Crippen molar-refractivity contribution in [1.29, 1.82) is 0 Å². The molecule has 0 bridgehead atoms. The predicted molar refractivity (Wildman–Crippen MR) is 244 cm³/mol. The lowest BCUT2D eigenvalue weighted by Gasteiger charge is -2.31. The van der Waals surface area contributed by atoms with Gasteiger partial charge in [-0.1, -0.05) is 137 Å². The second kappa shape index (κ2) is 12.1. The lowest BCUT2D eigenvalue weighted by Crippen LogP contribution is -2.21. The average Bonchev–Trinajstić information content (AvgIpc) is 3.74. The molecule has 0 aromatic heterocycles. The molecular formula is C56H46N2. The van der Waals surface area contributed by atoms with Crippen molar-refractivity contribution in [3.8, 4) is 22.3 Å². The molecule has 2 heteroatoms. The molecule has 0 amide bonds. The quantitative estimate of drug-likeness (QED) is 0.178. The average molecular weight is 747 g/mol. The molecule has 6 aliphatic rings. The number of benzene rings is 6. The van der Waals surface area contributed by atoms with Crippen LogP contribution in [0.4, 0.5) is 22.7 Å². The summed E-state index contributed by atoms with van der Waals surface area (Å²) in [5.74, 6) is 0.339. The van der Waals surface area contributed by atoms with Gasteiger partial charge in [0.1, 0.15) is 0 Å². The van der Waals surface area contributed by atoms with Gasteiger partial charge in [0, 0.05) is 39.5 Å². The van der Waals surface area contributed by atoms with E-state index in [1.165, 1.54) is 106 Å². The third-order valence-electron chi connectivity index (χ3n) is 14.2. The largest absolute Gasteiger partial charge is 0.317 e. The highest BCUT2D eigenvalue weighted by Gasteiger charge is 2.40. The molecule has 0 saturated heterocycles. The van der Waals surface area contributed by atoms with Crippen LogP contribution in [0.25, 0.3) is 40.0 Å². The molecule has 58 heavy (non-hydrogen) atoms. The third kappa shape index (κ3) is 4.66. The van der Waals surface area contributed by atoms with Crippen molar-refractivity contribution in [2.45, 2.75) is 63.7 Å². The van der Waals surface area contributed by atoms with Crippen LogP contribution in [0.1, 0.15) is 97.4 Å². The molecule has 0 radical (unpaired) electrons. The Kier molecular flexibility index (Phi) is 7.02. The number of allylic oxidation sites excluding steroid dienone is 8. The van der Waals surface area contributed by atoms with Crippen LogP contribution in [-0.2, 0) is 10.8 Å². The van der Waals surface area contributed by atoms with Gasteiger partial charge in [0.15, 0.2) is 0 Å². The molecule has 6 aromatic rings. The maximum atomic E-state index is 2.55. The fraction of sp³-hybridized carbons (Fsp3) is 0.179. The molecule has 1 atom stereocenters. The van der Waals surface area contributed by atoms with E-state index >= 15 is 0 Å². The molecule has 2 aliphatic heterocycles. The van der Waals surface area contributed by atoms with Crippen LogP contribution >= 0.6 is 0 Å². The minimum atomic E-state index is -0.0963. The fourth-order valence-corrected chi connectivity index (χ4v) is 11.2. The zero-order valence-corrected chi connectivity index (χ0v) is 33.7. The van der Waals surface area contributed by atoms with Crippen molar-refractivity contribution in [2.75, 3.05) is 9.80 Å². The second-order valence-corrected chi connectivity index (χ2v) is 18.0. The summed E-state index contributed by atoms with van der Waals surface area (Å²) in [6, 6.07) is 46.4. The SMILES string of the molecule is CC1(C)c2ccccc2-c2ccc(N3c4ccc(C5=CC=C6C(C5)c5ccccc5N6C5=CC=CCC5)cc4C=Cc4cc5c(cc43)-c3ccccc3C5(C)C)cc21. The van der Waals surface area contributed by atoms with Crippen LogP contribution in [0.15, 0.2) is 163 Å². The van der Waals surface area contributed by atoms with Gasteiger partial charge in [0.05, 0.1) is 11.4 Å². The van der Waals surface area contributed by atoms with E-state index in [2.05, 4.69) is 201 Å². The van der Waals surface area contributed by atoms with E-state index in [1.54, 1.807) is 0 Å². The number of anilines is 4. The van der Waals surface area contributed by atoms with Crippen LogP contribution in [0.5, 0.6) is 0 Å². The van der Waals surface area contributed by atoms with Gasteiger partial charge in [-0.3, -0.25) is 0 Å². The predicted octanol–water partition coefficient (Wildman–Crippen LogP) is 14.8. The smallest absolute Gasteiger partial charge is 0.0540 e. The van der Waals surface area contributed by atoms with Crippen LogP contribution in [-0.4, -0.2) is 0 Å². The minimum absolute atomic E-state index is 0.0756. The van der Waals surface area contributed by atoms with Crippen molar-refractivity contribution >= 4 is 40.5 Å². The molecule has 1 unspecified atom stereocenters. The summed E-state index contributed by atoms with van der Waals surface area (Å²) < 4.78 is 0. The van der Waals surface area contributed by atoms with E-state index < -0.39 is 0 Å². The number of hydrogen-bond acceptors (Lipinski definition) is 2. The number of hydrogen-bond donors (Lipinski definition) is 0. The van der Waals surface area contributed by atoms with Crippen molar-refractivity contribution in [3.05, 3.63) is 208 Å². The molecule has 0 saturated carbocycles. The molecule has 2 heterocycles. The molecule has 0 fully saturated rings. The first kappa shape index (κ1) is 33.7. The molecule has 6 aromatic carbocycles. The maximum Gasteiger partial charge on any atom is 0.0540 e. The first-order chi connectivity index (χ1) is 28.3. The van der Waals surface area contributed by atoms with Crippen LogP contribution < -0.4 is 9.80 Å². The number of nitrogens with zero attached hydrogens (tertiary/aromatic N) is 2. The zero-order chi connectivity index (χ0) is 38.9. The first-order valence-electron chi connectivity index (χ1n) is 21.1. The fourth-order valence-electron chi connectivity index (χ4n) is 11.2. The lowest BCUT2D eigenvalue weighted by molar-refractivity contribution is 0.660. The van der Waals surface area contributed by atoms with Gasteiger partial charge >= 0.3 is 0 Å². The van der Waals surface area contributed by atoms with E-state index in [0.717, 1.165) is 19.3 Å². The molecule has 2 nitrogen and oxygen atoms in total. The summed E-state index contributed by atoms with van der Waals surface area (Å²) in [7, 11) is 0. The third-order valence-corrected chi connectivity index (χ3v) is 14.2. The van der Waals surface area contributed by atoms with Gasteiger partial charge in [0.2, 0.25) is 0 Å². The highest BCUT2D eigenvalue weighted by atomic mass is 15.2. The van der Waals surface area contributed by atoms with E-state index in [4.69, 9.17) is 0 Å². The monoisotopic (exact) mass is 746 g/mol. The molecule has 12 rings (SSSR count). The van der Waals surface area contributed by atoms with Gasteiger partial charge in [-0.05, 0) is 146 Å². The number of rotatable bonds is 3. The van der Waals surface area contributed by atoms with Crippen molar-refractivity contribution in [2.24, 2.45) is 0 Å². The highest BCUT2D eigenvalue weighted by molar-refractivity contribution is 5.98. The lowest BCUT2D eigenvalue weighted by atomic mass is 9.81. The topological polar surface area (TPSA) is 6.48 Å². The molecule has 0 spiro atoms.